The number of aromatic nitrogens is 1. The molecule has 3 heteroatoms. The van der Waals surface area contributed by atoms with Crippen molar-refractivity contribution in [1.29, 1.82) is 0 Å². The molecule has 0 spiro atoms. The summed E-state index contributed by atoms with van der Waals surface area (Å²) in [6, 6.07) is 6.75. The van der Waals surface area contributed by atoms with Crippen LogP contribution < -0.4 is 5.32 Å². The van der Waals surface area contributed by atoms with Gasteiger partial charge in [-0.15, -0.1) is 0 Å². The lowest BCUT2D eigenvalue weighted by Crippen LogP contribution is -2.24. The van der Waals surface area contributed by atoms with Crippen molar-refractivity contribution in [2.24, 2.45) is 11.8 Å². The third kappa shape index (κ3) is 2.33. The van der Waals surface area contributed by atoms with Crippen LogP contribution in [-0.4, -0.2) is 11.0 Å². The Morgan fingerprint density at radius 2 is 1.87 bits per heavy atom. The standard InChI is InChI=1S/C12H15BrN2/c13-10-2-1-3-11(14-10)15-12(8-4-5-8)9-6-7-9/h1-3,8-9,12H,4-7H2,(H,14,15). The Kier molecular flexibility index (Phi) is 2.43. The third-order valence-corrected chi connectivity index (χ3v) is 3.73. The van der Waals surface area contributed by atoms with Crippen molar-refractivity contribution in [3.63, 3.8) is 0 Å². The summed E-state index contributed by atoms with van der Waals surface area (Å²) < 4.78 is 0.915. The Bertz CT molecular complexity index is 346. The molecule has 0 unspecified atom stereocenters. The molecular formula is C12H15BrN2. The Morgan fingerprint density at radius 3 is 2.40 bits per heavy atom. The topological polar surface area (TPSA) is 24.9 Å². The van der Waals surface area contributed by atoms with Gasteiger partial charge in [-0.3, -0.25) is 0 Å². The molecule has 1 N–H and O–H groups in total. The highest BCUT2D eigenvalue weighted by Gasteiger charge is 2.41. The minimum Gasteiger partial charge on any atom is -0.367 e. The van der Waals surface area contributed by atoms with Gasteiger partial charge in [-0.2, -0.15) is 0 Å². The van der Waals surface area contributed by atoms with Crippen LogP contribution in [0.5, 0.6) is 0 Å². The number of hydrogen-bond acceptors (Lipinski definition) is 2. The molecule has 0 saturated heterocycles. The van der Waals surface area contributed by atoms with E-state index < -0.39 is 0 Å². The summed E-state index contributed by atoms with van der Waals surface area (Å²) in [5, 5.41) is 3.60. The molecule has 2 nitrogen and oxygen atoms in total. The predicted octanol–water partition coefficient (Wildman–Crippen LogP) is 3.44. The van der Waals surface area contributed by atoms with Crippen LogP contribution in [0.15, 0.2) is 22.8 Å². The minimum absolute atomic E-state index is 0.687. The van der Waals surface area contributed by atoms with Crippen LogP contribution in [0, 0.1) is 11.8 Å². The van der Waals surface area contributed by atoms with Gasteiger partial charge in [0, 0.05) is 6.04 Å². The van der Waals surface area contributed by atoms with Gasteiger partial charge in [0.2, 0.25) is 0 Å². The summed E-state index contributed by atoms with van der Waals surface area (Å²) in [7, 11) is 0. The molecule has 80 valence electrons. The van der Waals surface area contributed by atoms with E-state index in [9.17, 15) is 0 Å². The maximum atomic E-state index is 4.44. The number of pyridine rings is 1. The summed E-state index contributed by atoms with van der Waals surface area (Å²) in [6.07, 6.45) is 5.62. The molecule has 0 atom stereocenters. The lowest BCUT2D eigenvalue weighted by Gasteiger charge is -2.18. The van der Waals surface area contributed by atoms with E-state index in [-0.39, 0.29) is 0 Å². The van der Waals surface area contributed by atoms with Crippen LogP contribution in [0.25, 0.3) is 0 Å². The van der Waals surface area contributed by atoms with Crippen LogP contribution in [0.2, 0.25) is 0 Å². The minimum atomic E-state index is 0.687. The summed E-state index contributed by atoms with van der Waals surface area (Å²) in [4.78, 5) is 4.44. The van der Waals surface area contributed by atoms with Gasteiger partial charge in [-0.25, -0.2) is 4.98 Å². The van der Waals surface area contributed by atoms with Crippen molar-refractivity contribution in [3.05, 3.63) is 22.8 Å². The summed E-state index contributed by atoms with van der Waals surface area (Å²) in [5.74, 6) is 2.85. The van der Waals surface area contributed by atoms with Gasteiger partial charge >= 0.3 is 0 Å². The fourth-order valence-corrected chi connectivity index (χ4v) is 2.53. The molecular weight excluding hydrogens is 252 g/mol. The first-order valence-electron chi connectivity index (χ1n) is 5.72. The number of nitrogens with one attached hydrogen (secondary N) is 1. The van der Waals surface area contributed by atoms with Gasteiger partial charge in [-0.05, 0) is 65.6 Å². The van der Waals surface area contributed by atoms with E-state index >= 15 is 0 Å². The van der Waals surface area contributed by atoms with Crippen molar-refractivity contribution >= 4 is 21.7 Å². The molecule has 2 aliphatic carbocycles. The molecule has 0 bridgehead atoms. The van der Waals surface area contributed by atoms with Gasteiger partial charge in [0.05, 0.1) is 0 Å². The highest BCUT2D eigenvalue weighted by molar-refractivity contribution is 9.10. The van der Waals surface area contributed by atoms with Crippen molar-refractivity contribution in [3.8, 4) is 0 Å². The van der Waals surface area contributed by atoms with E-state index in [4.69, 9.17) is 0 Å². The largest absolute Gasteiger partial charge is 0.367 e. The number of anilines is 1. The fourth-order valence-electron chi connectivity index (χ4n) is 2.19. The second kappa shape index (κ2) is 3.78. The monoisotopic (exact) mass is 266 g/mol. The second-order valence-corrected chi connectivity index (χ2v) is 5.50. The summed E-state index contributed by atoms with van der Waals surface area (Å²) >= 11 is 3.41. The molecule has 0 aliphatic heterocycles. The lowest BCUT2D eigenvalue weighted by atomic mass is 10.1. The van der Waals surface area contributed by atoms with Gasteiger partial charge in [0.15, 0.2) is 0 Å². The molecule has 1 aromatic heterocycles. The molecule has 1 aromatic rings. The second-order valence-electron chi connectivity index (χ2n) is 4.69. The number of hydrogen-bond donors (Lipinski definition) is 1. The van der Waals surface area contributed by atoms with Crippen LogP contribution in [0.3, 0.4) is 0 Å². The van der Waals surface area contributed by atoms with Crippen molar-refractivity contribution < 1.29 is 0 Å². The van der Waals surface area contributed by atoms with E-state index in [0.29, 0.717) is 6.04 Å². The molecule has 0 radical (unpaired) electrons. The lowest BCUT2D eigenvalue weighted by molar-refractivity contribution is 0.565. The number of nitrogens with zero attached hydrogens (tertiary/aromatic N) is 1. The van der Waals surface area contributed by atoms with E-state index in [0.717, 1.165) is 22.3 Å². The summed E-state index contributed by atoms with van der Waals surface area (Å²) in [6.45, 7) is 0. The Labute approximate surface area is 98.6 Å². The van der Waals surface area contributed by atoms with Gasteiger partial charge in [-0.1, -0.05) is 6.07 Å². The maximum Gasteiger partial charge on any atom is 0.127 e. The average molecular weight is 267 g/mol. The highest BCUT2D eigenvalue weighted by Crippen LogP contribution is 2.45. The van der Waals surface area contributed by atoms with Crippen LogP contribution in [0.4, 0.5) is 5.82 Å². The maximum absolute atomic E-state index is 4.44. The van der Waals surface area contributed by atoms with Crippen molar-refractivity contribution in [2.45, 2.75) is 31.7 Å². The van der Waals surface area contributed by atoms with E-state index in [2.05, 4.69) is 32.3 Å². The molecule has 2 saturated carbocycles. The smallest absolute Gasteiger partial charge is 0.127 e. The Hall–Kier alpha value is -0.570. The van der Waals surface area contributed by atoms with Crippen LogP contribution in [0.1, 0.15) is 25.7 Å². The molecule has 2 fully saturated rings. The van der Waals surface area contributed by atoms with E-state index in [1.807, 2.05) is 12.1 Å². The van der Waals surface area contributed by atoms with Crippen molar-refractivity contribution in [2.75, 3.05) is 5.32 Å². The normalized spacial score (nSPS) is 20.7. The SMILES string of the molecule is Brc1cccc(NC(C2CC2)C2CC2)n1. The van der Waals surface area contributed by atoms with E-state index in [1.54, 1.807) is 0 Å². The molecule has 0 amide bonds. The molecule has 0 aromatic carbocycles. The predicted molar refractivity (Wildman–Crippen MR) is 64.8 cm³/mol. The fraction of sp³-hybridized carbons (Fsp3) is 0.583. The summed E-state index contributed by atoms with van der Waals surface area (Å²) in [5.41, 5.74) is 0. The zero-order valence-electron chi connectivity index (χ0n) is 8.62. The molecule has 15 heavy (non-hydrogen) atoms. The van der Waals surface area contributed by atoms with Crippen LogP contribution >= 0.6 is 15.9 Å². The average Bonchev–Trinajstić information content (AvgIpc) is 3.07. The third-order valence-electron chi connectivity index (χ3n) is 3.29. The Morgan fingerprint density at radius 1 is 1.20 bits per heavy atom. The molecule has 1 heterocycles. The van der Waals surface area contributed by atoms with E-state index in [1.165, 1.54) is 25.7 Å². The van der Waals surface area contributed by atoms with Gasteiger partial charge < -0.3 is 5.32 Å². The zero-order valence-corrected chi connectivity index (χ0v) is 10.2. The first kappa shape index (κ1) is 9.64. The van der Waals surface area contributed by atoms with Gasteiger partial charge in [0.25, 0.3) is 0 Å². The van der Waals surface area contributed by atoms with Crippen LogP contribution in [-0.2, 0) is 0 Å². The zero-order chi connectivity index (χ0) is 10.3. The molecule has 2 aliphatic rings. The first-order chi connectivity index (χ1) is 7.33. The van der Waals surface area contributed by atoms with Gasteiger partial charge in [0.1, 0.15) is 10.4 Å². The number of halogens is 1. The number of rotatable bonds is 4. The molecule has 3 rings (SSSR count). The van der Waals surface area contributed by atoms with Crippen molar-refractivity contribution in [1.82, 2.24) is 4.98 Å². The highest BCUT2D eigenvalue weighted by atomic mass is 79.9. The quantitative estimate of drug-likeness (QED) is 0.845. The first-order valence-corrected chi connectivity index (χ1v) is 6.51. The Balaban J connectivity index is 1.71.